The van der Waals surface area contributed by atoms with Gasteiger partial charge in [-0.05, 0) is 24.1 Å². The first-order valence-corrected chi connectivity index (χ1v) is 7.33. The highest BCUT2D eigenvalue weighted by molar-refractivity contribution is 7.89. The molecule has 0 aliphatic heterocycles. The van der Waals surface area contributed by atoms with Crippen LogP contribution in [0.3, 0.4) is 0 Å². The predicted octanol–water partition coefficient (Wildman–Crippen LogP) is 1.00. The highest BCUT2D eigenvalue weighted by Gasteiger charge is 2.28. The number of nitrogens with one attached hydrogen (secondary N) is 1. The van der Waals surface area contributed by atoms with Crippen LogP contribution in [0, 0.1) is 11.7 Å². The average Bonchev–Trinajstić information content (AvgIpc) is 2.35. The molecule has 0 spiro atoms. The zero-order valence-electron chi connectivity index (χ0n) is 10.8. The Bertz CT molecular complexity index is 560. The van der Waals surface area contributed by atoms with Gasteiger partial charge < -0.3 is 5.73 Å². The van der Waals surface area contributed by atoms with Gasteiger partial charge in [-0.3, -0.25) is 4.79 Å². The molecule has 0 fully saturated rings. The Hall–Kier alpha value is -1.47. The number of hydrogen-bond donors (Lipinski definition) is 2. The van der Waals surface area contributed by atoms with Gasteiger partial charge in [0, 0.05) is 0 Å². The SMILES string of the molecule is CCC(C)C(NS(=O)(=O)c1cccc(F)c1)C(N)=O. The molecule has 0 radical (unpaired) electrons. The predicted molar refractivity (Wildman–Crippen MR) is 69.2 cm³/mol. The van der Waals surface area contributed by atoms with Crippen molar-refractivity contribution < 1.29 is 17.6 Å². The van der Waals surface area contributed by atoms with Gasteiger partial charge in [0.1, 0.15) is 11.9 Å². The largest absolute Gasteiger partial charge is 0.368 e. The van der Waals surface area contributed by atoms with Gasteiger partial charge in [-0.2, -0.15) is 4.72 Å². The number of carbonyl (C=O) groups is 1. The minimum atomic E-state index is -3.97. The smallest absolute Gasteiger partial charge is 0.241 e. The number of sulfonamides is 1. The molecule has 0 saturated heterocycles. The lowest BCUT2D eigenvalue weighted by Gasteiger charge is -2.21. The molecular weight excluding hydrogens is 271 g/mol. The average molecular weight is 288 g/mol. The lowest BCUT2D eigenvalue weighted by Crippen LogP contribution is -2.48. The first kappa shape index (κ1) is 15.6. The lowest BCUT2D eigenvalue weighted by atomic mass is 10.00. The highest BCUT2D eigenvalue weighted by atomic mass is 32.2. The van der Waals surface area contributed by atoms with Crippen molar-refractivity contribution in [2.75, 3.05) is 0 Å². The number of primary amides is 1. The van der Waals surface area contributed by atoms with E-state index in [1.807, 2.05) is 6.92 Å². The highest BCUT2D eigenvalue weighted by Crippen LogP contribution is 2.14. The van der Waals surface area contributed by atoms with Crippen LogP contribution >= 0.6 is 0 Å². The molecular formula is C12H17FN2O3S. The van der Waals surface area contributed by atoms with Gasteiger partial charge in [0.2, 0.25) is 15.9 Å². The van der Waals surface area contributed by atoms with Crippen LogP contribution in [0.25, 0.3) is 0 Å². The Morgan fingerprint density at radius 3 is 2.58 bits per heavy atom. The maximum absolute atomic E-state index is 13.0. The molecule has 0 bridgehead atoms. The molecule has 0 saturated carbocycles. The first-order chi connectivity index (χ1) is 8.77. The van der Waals surface area contributed by atoms with Crippen LogP contribution < -0.4 is 10.5 Å². The van der Waals surface area contributed by atoms with E-state index in [1.165, 1.54) is 12.1 Å². The van der Waals surface area contributed by atoms with Crippen LogP contribution in [0.4, 0.5) is 4.39 Å². The summed E-state index contributed by atoms with van der Waals surface area (Å²) in [6, 6.07) is 3.54. The van der Waals surface area contributed by atoms with Gasteiger partial charge >= 0.3 is 0 Å². The Morgan fingerprint density at radius 2 is 2.11 bits per heavy atom. The van der Waals surface area contributed by atoms with E-state index >= 15 is 0 Å². The van der Waals surface area contributed by atoms with E-state index in [1.54, 1.807) is 6.92 Å². The third-order valence-electron chi connectivity index (χ3n) is 2.91. The van der Waals surface area contributed by atoms with Crippen LogP contribution in [-0.4, -0.2) is 20.4 Å². The molecule has 19 heavy (non-hydrogen) atoms. The van der Waals surface area contributed by atoms with Gasteiger partial charge in [-0.25, -0.2) is 12.8 Å². The Balaban J connectivity index is 3.04. The van der Waals surface area contributed by atoms with E-state index < -0.39 is 27.8 Å². The molecule has 3 N–H and O–H groups in total. The van der Waals surface area contributed by atoms with Gasteiger partial charge in [-0.1, -0.05) is 26.3 Å². The number of benzene rings is 1. The number of hydrogen-bond acceptors (Lipinski definition) is 3. The Morgan fingerprint density at radius 1 is 1.47 bits per heavy atom. The topological polar surface area (TPSA) is 89.3 Å². The number of rotatable bonds is 6. The molecule has 106 valence electrons. The summed E-state index contributed by atoms with van der Waals surface area (Å²) in [7, 11) is -3.97. The summed E-state index contributed by atoms with van der Waals surface area (Å²) in [5.74, 6) is -1.67. The number of amides is 1. The minimum Gasteiger partial charge on any atom is -0.368 e. The summed E-state index contributed by atoms with van der Waals surface area (Å²) in [4.78, 5) is 11.1. The number of halogens is 1. The molecule has 1 aromatic carbocycles. The summed E-state index contributed by atoms with van der Waals surface area (Å²) in [6.07, 6.45) is 0.583. The summed E-state index contributed by atoms with van der Waals surface area (Å²) in [6.45, 7) is 3.53. The van der Waals surface area contributed by atoms with E-state index in [9.17, 15) is 17.6 Å². The second-order valence-corrected chi connectivity index (χ2v) is 6.06. The van der Waals surface area contributed by atoms with E-state index in [-0.39, 0.29) is 10.8 Å². The second-order valence-electron chi connectivity index (χ2n) is 4.34. The van der Waals surface area contributed by atoms with Crippen molar-refractivity contribution in [3.8, 4) is 0 Å². The molecule has 2 atom stereocenters. The molecule has 7 heteroatoms. The molecule has 1 aromatic rings. The van der Waals surface area contributed by atoms with Crippen molar-refractivity contribution in [1.29, 1.82) is 0 Å². The molecule has 1 amide bonds. The molecule has 0 aromatic heterocycles. The summed E-state index contributed by atoms with van der Waals surface area (Å²) < 4.78 is 39.3. The maximum Gasteiger partial charge on any atom is 0.241 e. The third kappa shape index (κ3) is 4.00. The summed E-state index contributed by atoms with van der Waals surface area (Å²) >= 11 is 0. The second kappa shape index (κ2) is 6.12. The van der Waals surface area contributed by atoms with Gasteiger partial charge in [-0.15, -0.1) is 0 Å². The number of carbonyl (C=O) groups excluding carboxylic acids is 1. The van der Waals surface area contributed by atoms with Crippen molar-refractivity contribution in [3.63, 3.8) is 0 Å². The molecule has 1 rings (SSSR count). The van der Waals surface area contributed by atoms with E-state index in [2.05, 4.69) is 4.72 Å². The summed E-state index contributed by atoms with van der Waals surface area (Å²) in [5, 5.41) is 0. The molecule has 5 nitrogen and oxygen atoms in total. The minimum absolute atomic E-state index is 0.234. The Labute approximate surface area is 112 Å². The fraction of sp³-hybridized carbons (Fsp3) is 0.417. The van der Waals surface area contributed by atoms with Crippen molar-refractivity contribution in [3.05, 3.63) is 30.1 Å². The van der Waals surface area contributed by atoms with Crippen molar-refractivity contribution in [1.82, 2.24) is 4.72 Å². The monoisotopic (exact) mass is 288 g/mol. The van der Waals surface area contributed by atoms with Gasteiger partial charge in [0.05, 0.1) is 4.90 Å². The van der Waals surface area contributed by atoms with Crippen molar-refractivity contribution >= 4 is 15.9 Å². The third-order valence-corrected chi connectivity index (χ3v) is 4.35. The van der Waals surface area contributed by atoms with Crippen LogP contribution in [0.15, 0.2) is 29.2 Å². The maximum atomic E-state index is 13.0. The molecule has 0 heterocycles. The lowest BCUT2D eigenvalue weighted by molar-refractivity contribution is -0.120. The van der Waals surface area contributed by atoms with Crippen LogP contribution in [0.1, 0.15) is 20.3 Å². The van der Waals surface area contributed by atoms with Gasteiger partial charge in [0.15, 0.2) is 0 Å². The zero-order valence-corrected chi connectivity index (χ0v) is 11.6. The van der Waals surface area contributed by atoms with Crippen LogP contribution in [0.2, 0.25) is 0 Å². The normalized spacial score (nSPS) is 14.9. The summed E-state index contributed by atoms with van der Waals surface area (Å²) in [5.41, 5.74) is 5.19. The van der Waals surface area contributed by atoms with Crippen LogP contribution in [-0.2, 0) is 14.8 Å². The molecule has 0 aliphatic carbocycles. The van der Waals surface area contributed by atoms with E-state index in [4.69, 9.17) is 5.73 Å². The van der Waals surface area contributed by atoms with E-state index in [0.717, 1.165) is 12.1 Å². The van der Waals surface area contributed by atoms with Crippen molar-refractivity contribution in [2.45, 2.75) is 31.2 Å². The van der Waals surface area contributed by atoms with Crippen LogP contribution in [0.5, 0.6) is 0 Å². The Kier molecular flexibility index (Phi) is 5.02. The van der Waals surface area contributed by atoms with E-state index in [0.29, 0.717) is 6.42 Å². The van der Waals surface area contributed by atoms with Gasteiger partial charge in [0.25, 0.3) is 0 Å². The van der Waals surface area contributed by atoms with Crippen molar-refractivity contribution in [2.24, 2.45) is 11.7 Å². The molecule has 0 aliphatic rings. The number of nitrogens with two attached hydrogens (primary N) is 1. The fourth-order valence-electron chi connectivity index (χ4n) is 1.56. The first-order valence-electron chi connectivity index (χ1n) is 5.85. The quantitative estimate of drug-likeness (QED) is 0.818. The zero-order chi connectivity index (χ0) is 14.6. The fourth-order valence-corrected chi connectivity index (χ4v) is 2.90. The standard InChI is InChI=1S/C12H17FN2O3S/c1-3-8(2)11(12(14)16)15-19(17,18)10-6-4-5-9(13)7-10/h4-8,11,15H,3H2,1-2H3,(H2,14,16). The molecule has 2 unspecified atom stereocenters.